The second-order valence-corrected chi connectivity index (χ2v) is 2.53. The Morgan fingerprint density at radius 3 is 3.15 bits per heavy atom. The normalized spacial score (nSPS) is 20.3. The van der Waals surface area contributed by atoms with Crippen LogP contribution in [-0.4, -0.2) is 33.7 Å². The van der Waals surface area contributed by atoms with Crippen molar-refractivity contribution in [1.82, 2.24) is 20.3 Å². The number of amides is 1. The number of nitrogens with one attached hydrogen (secondary N) is 1. The SMILES string of the molecule is Cl.O=C1NCC(Cn2ccnn2)O1. The molecule has 7 heteroatoms. The maximum atomic E-state index is 10.6. The molecule has 13 heavy (non-hydrogen) atoms. The minimum Gasteiger partial charge on any atom is -0.442 e. The van der Waals surface area contributed by atoms with Gasteiger partial charge in [0.05, 0.1) is 19.3 Å². The van der Waals surface area contributed by atoms with E-state index < -0.39 is 0 Å². The molecule has 2 rings (SSSR count). The summed E-state index contributed by atoms with van der Waals surface area (Å²) in [6.45, 7) is 1.09. The molecule has 1 unspecified atom stereocenters. The molecule has 1 aromatic heterocycles. The summed E-state index contributed by atoms with van der Waals surface area (Å²) in [4.78, 5) is 10.6. The van der Waals surface area contributed by atoms with Crippen LogP contribution in [-0.2, 0) is 11.3 Å². The number of aromatic nitrogens is 3. The number of halogens is 1. The fraction of sp³-hybridized carbons (Fsp3) is 0.500. The standard InChI is InChI=1S/C6H8N4O2.ClH/c11-6-7-3-5(12-6)4-10-2-1-8-9-10;/h1-2,5H,3-4H2,(H,7,11);1H. The van der Waals surface area contributed by atoms with E-state index in [1.807, 2.05) is 0 Å². The van der Waals surface area contributed by atoms with Crippen LogP contribution in [0, 0.1) is 0 Å². The van der Waals surface area contributed by atoms with Crippen LogP contribution >= 0.6 is 12.4 Å². The Balaban J connectivity index is 0.000000845. The number of carbonyl (C=O) groups is 1. The molecule has 6 nitrogen and oxygen atoms in total. The van der Waals surface area contributed by atoms with Gasteiger partial charge in [-0.15, -0.1) is 17.5 Å². The van der Waals surface area contributed by atoms with Crippen molar-refractivity contribution in [1.29, 1.82) is 0 Å². The summed E-state index contributed by atoms with van der Waals surface area (Å²) in [5, 5.41) is 9.95. The fourth-order valence-corrected chi connectivity index (χ4v) is 1.07. The average Bonchev–Trinajstić information content (AvgIpc) is 2.63. The molecule has 0 aromatic carbocycles. The number of alkyl carbamates (subject to hydrolysis) is 1. The van der Waals surface area contributed by atoms with Gasteiger partial charge in [0.15, 0.2) is 0 Å². The molecule has 72 valence electrons. The van der Waals surface area contributed by atoms with Crippen LogP contribution in [0.1, 0.15) is 0 Å². The van der Waals surface area contributed by atoms with Gasteiger partial charge in [-0.3, -0.25) is 0 Å². The predicted octanol–water partition coefficient (Wildman–Crippen LogP) is -0.192. The number of cyclic esters (lactones) is 1. The lowest BCUT2D eigenvalue weighted by Gasteiger charge is -2.05. The number of hydrogen-bond acceptors (Lipinski definition) is 4. The van der Waals surface area contributed by atoms with Crippen molar-refractivity contribution >= 4 is 18.5 Å². The predicted molar refractivity (Wildman–Crippen MR) is 45.5 cm³/mol. The monoisotopic (exact) mass is 204 g/mol. The first-order chi connectivity index (χ1) is 5.84. The van der Waals surface area contributed by atoms with E-state index in [2.05, 4.69) is 15.6 Å². The van der Waals surface area contributed by atoms with Crippen molar-refractivity contribution in [2.75, 3.05) is 6.54 Å². The van der Waals surface area contributed by atoms with Gasteiger partial charge in [-0.05, 0) is 0 Å². The maximum Gasteiger partial charge on any atom is 0.407 e. The van der Waals surface area contributed by atoms with E-state index in [0.29, 0.717) is 13.1 Å². The Morgan fingerprint density at radius 2 is 2.62 bits per heavy atom. The van der Waals surface area contributed by atoms with Gasteiger partial charge in [0.2, 0.25) is 0 Å². The van der Waals surface area contributed by atoms with Crippen LogP contribution in [0.3, 0.4) is 0 Å². The van der Waals surface area contributed by atoms with Crippen LogP contribution in [0.5, 0.6) is 0 Å². The summed E-state index contributed by atoms with van der Waals surface area (Å²) in [6, 6.07) is 0. The van der Waals surface area contributed by atoms with E-state index in [-0.39, 0.29) is 24.6 Å². The summed E-state index contributed by atoms with van der Waals surface area (Å²) in [7, 11) is 0. The van der Waals surface area contributed by atoms with Gasteiger partial charge in [0, 0.05) is 6.20 Å². The molecule has 0 radical (unpaired) electrons. The Kier molecular flexibility index (Phi) is 3.07. The third kappa shape index (κ3) is 2.32. The lowest BCUT2D eigenvalue weighted by Crippen LogP contribution is -2.20. The Hall–Kier alpha value is -1.30. The number of nitrogens with zero attached hydrogens (tertiary/aromatic N) is 3. The molecule has 0 bridgehead atoms. The van der Waals surface area contributed by atoms with Crippen molar-refractivity contribution < 1.29 is 9.53 Å². The zero-order chi connectivity index (χ0) is 8.39. The van der Waals surface area contributed by atoms with Crippen LogP contribution in [0.15, 0.2) is 12.4 Å². The summed E-state index contributed by atoms with van der Waals surface area (Å²) in [5.41, 5.74) is 0. The lowest BCUT2D eigenvalue weighted by atomic mass is 10.4. The van der Waals surface area contributed by atoms with Gasteiger partial charge in [-0.25, -0.2) is 9.48 Å². The van der Waals surface area contributed by atoms with Crippen molar-refractivity contribution in [2.45, 2.75) is 12.6 Å². The average molecular weight is 205 g/mol. The molecule has 1 aliphatic heterocycles. The number of ether oxygens (including phenoxy) is 1. The molecule has 2 heterocycles. The first kappa shape index (κ1) is 9.79. The quantitative estimate of drug-likeness (QED) is 0.725. The third-order valence-corrected chi connectivity index (χ3v) is 1.61. The van der Waals surface area contributed by atoms with Gasteiger partial charge in [0.1, 0.15) is 6.10 Å². The zero-order valence-corrected chi connectivity index (χ0v) is 7.53. The van der Waals surface area contributed by atoms with Crippen molar-refractivity contribution in [3.63, 3.8) is 0 Å². The highest BCUT2D eigenvalue weighted by molar-refractivity contribution is 5.85. The van der Waals surface area contributed by atoms with Crippen LogP contribution < -0.4 is 5.32 Å². The Labute approximate surface area is 80.7 Å². The largest absolute Gasteiger partial charge is 0.442 e. The number of hydrogen-bond donors (Lipinski definition) is 1. The van der Waals surface area contributed by atoms with E-state index in [4.69, 9.17) is 4.74 Å². The smallest absolute Gasteiger partial charge is 0.407 e. The molecule has 1 saturated heterocycles. The van der Waals surface area contributed by atoms with Crippen molar-refractivity contribution in [3.8, 4) is 0 Å². The van der Waals surface area contributed by atoms with Crippen LogP contribution in [0.4, 0.5) is 4.79 Å². The molecule has 1 fully saturated rings. The molecule has 1 amide bonds. The lowest BCUT2D eigenvalue weighted by molar-refractivity contribution is 0.128. The molecule has 1 aliphatic rings. The van der Waals surface area contributed by atoms with Crippen molar-refractivity contribution in [2.24, 2.45) is 0 Å². The van der Waals surface area contributed by atoms with Gasteiger partial charge in [-0.1, -0.05) is 5.21 Å². The van der Waals surface area contributed by atoms with Gasteiger partial charge in [-0.2, -0.15) is 0 Å². The highest BCUT2D eigenvalue weighted by Gasteiger charge is 2.22. The molecule has 1 atom stereocenters. The van der Waals surface area contributed by atoms with E-state index >= 15 is 0 Å². The molecular formula is C6H9ClN4O2. The molecule has 0 aliphatic carbocycles. The second kappa shape index (κ2) is 4.08. The van der Waals surface area contributed by atoms with Gasteiger partial charge >= 0.3 is 6.09 Å². The fourth-order valence-electron chi connectivity index (χ4n) is 1.07. The van der Waals surface area contributed by atoms with E-state index in [9.17, 15) is 4.79 Å². The molecule has 1 aromatic rings. The highest BCUT2D eigenvalue weighted by Crippen LogP contribution is 2.01. The van der Waals surface area contributed by atoms with Crippen molar-refractivity contribution in [3.05, 3.63) is 12.4 Å². The Morgan fingerprint density at radius 1 is 1.77 bits per heavy atom. The summed E-state index contributed by atoms with van der Waals surface area (Å²) >= 11 is 0. The van der Waals surface area contributed by atoms with E-state index in [0.717, 1.165) is 0 Å². The van der Waals surface area contributed by atoms with E-state index in [1.54, 1.807) is 17.1 Å². The van der Waals surface area contributed by atoms with Gasteiger partial charge < -0.3 is 10.1 Å². The van der Waals surface area contributed by atoms with Crippen LogP contribution in [0.2, 0.25) is 0 Å². The second-order valence-electron chi connectivity index (χ2n) is 2.53. The molecule has 1 N–H and O–H groups in total. The molecular weight excluding hydrogens is 196 g/mol. The maximum absolute atomic E-state index is 10.6. The number of rotatable bonds is 2. The highest BCUT2D eigenvalue weighted by atomic mass is 35.5. The topological polar surface area (TPSA) is 69.0 Å². The minimum absolute atomic E-state index is 0. The number of carbonyl (C=O) groups excluding carboxylic acids is 1. The van der Waals surface area contributed by atoms with Gasteiger partial charge in [0.25, 0.3) is 0 Å². The third-order valence-electron chi connectivity index (χ3n) is 1.61. The first-order valence-electron chi connectivity index (χ1n) is 3.63. The molecule has 0 spiro atoms. The summed E-state index contributed by atoms with van der Waals surface area (Å²) < 4.78 is 6.53. The summed E-state index contributed by atoms with van der Waals surface area (Å²) in [6.07, 6.45) is 2.83. The Bertz CT molecular complexity index is 276. The van der Waals surface area contributed by atoms with Crippen LogP contribution in [0.25, 0.3) is 0 Å². The first-order valence-corrected chi connectivity index (χ1v) is 3.63. The van der Waals surface area contributed by atoms with E-state index in [1.165, 1.54) is 0 Å². The summed E-state index contributed by atoms with van der Waals surface area (Å²) in [5.74, 6) is 0. The molecule has 0 saturated carbocycles. The minimum atomic E-state index is -0.361. The zero-order valence-electron chi connectivity index (χ0n) is 6.71.